The van der Waals surface area contributed by atoms with Gasteiger partial charge >= 0.3 is 0 Å². The lowest BCUT2D eigenvalue weighted by Crippen LogP contribution is -2.25. The summed E-state index contributed by atoms with van der Waals surface area (Å²) in [5.41, 5.74) is 3.58. The number of methoxy groups -OCH3 is 2. The van der Waals surface area contributed by atoms with Gasteiger partial charge in [0.1, 0.15) is 17.8 Å². The molecule has 2 aromatic carbocycles. The Balaban J connectivity index is 1.67. The summed E-state index contributed by atoms with van der Waals surface area (Å²) < 4.78 is 30.3. The molecule has 1 aromatic heterocycles. The van der Waals surface area contributed by atoms with E-state index in [-0.39, 0.29) is 0 Å². The largest absolute Gasteiger partial charge is 0.497 e. The molecule has 0 spiro atoms. The molecule has 1 aliphatic rings. The van der Waals surface area contributed by atoms with Gasteiger partial charge < -0.3 is 9.47 Å². The number of benzene rings is 2. The first-order valence-corrected chi connectivity index (χ1v) is 11.4. The van der Waals surface area contributed by atoms with Gasteiger partial charge in [0.05, 0.1) is 25.7 Å². The fourth-order valence-corrected chi connectivity index (χ4v) is 5.43. The van der Waals surface area contributed by atoms with E-state index in [1.165, 1.54) is 41.8 Å². The summed E-state index contributed by atoms with van der Waals surface area (Å²) in [6.07, 6.45) is 6.05. The molecule has 0 saturated carbocycles. The highest BCUT2D eigenvalue weighted by Gasteiger charge is 2.22. The molecule has 0 bridgehead atoms. The average Bonchev–Trinajstić information content (AvgIpc) is 3.31. The fraction of sp³-hybridized carbons (Fsp3) is 0.333. The van der Waals surface area contributed by atoms with Gasteiger partial charge in [0.25, 0.3) is 0 Å². The number of nitrogens with zero attached hydrogens (tertiary/aromatic N) is 3. The quantitative estimate of drug-likeness (QED) is 0.564. The molecule has 8 heteroatoms. The van der Waals surface area contributed by atoms with Gasteiger partial charge in [-0.3, -0.25) is 4.31 Å². The maximum atomic E-state index is 13.6. The van der Waals surface area contributed by atoms with Crippen molar-refractivity contribution < 1.29 is 13.7 Å². The van der Waals surface area contributed by atoms with Gasteiger partial charge in [0.2, 0.25) is 5.13 Å². The first-order chi connectivity index (χ1) is 14.2. The summed E-state index contributed by atoms with van der Waals surface area (Å²) in [5, 5.41) is 0.610. The molecule has 1 atom stereocenters. The van der Waals surface area contributed by atoms with E-state index in [0.717, 1.165) is 23.3 Å². The highest BCUT2D eigenvalue weighted by atomic mass is 32.2. The number of hydrogen-bond acceptors (Lipinski definition) is 6. The van der Waals surface area contributed by atoms with Crippen LogP contribution in [-0.2, 0) is 30.4 Å². The van der Waals surface area contributed by atoms with Gasteiger partial charge in [-0.1, -0.05) is 6.07 Å². The van der Waals surface area contributed by atoms with E-state index in [1.807, 2.05) is 24.3 Å². The molecule has 1 unspecified atom stereocenters. The Morgan fingerprint density at radius 2 is 1.90 bits per heavy atom. The van der Waals surface area contributed by atoms with Gasteiger partial charge in [-0.25, -0.2) is 9.19 Å². The van der Waals surface area contributed by atoms with Crippen molar-refractivity contribution in [2.45, 2.75) is 37.1 Å². The van der Waals surface area contributed by atoms with Crippen LogP contribution in [0, 0.1) is 0 Å². The Hall–Kier alpha value is -2.45. The molecule has 3 aromatic rings. The summed E-state index contributed by atoms with van der Waals surface area (Å²) in [7, 11) is 1.83. The number of hydrogen-bond donors (Lipinski definition) is 0. The minimum absolute atomic E-state index is 0.381. The molecule has 1 heterocycles. The van der Waals surface area contributed by atoms with Crippen LogP contribution in [0.3, 0.4) is 0 Å². The predicted octanol–water partition coefficient (Wildman–Crippen LogP) is 4.16. The zero-order chi connectivity index (χ0) is 20.2. The molecule has 29 heavy (non-hydrogen) atoms. The second-order valence-corrected chi connectivity index (χ2v) is 8.99. The Morgan fingerprint density at radius 1 is 1.07 bits per heavy atom. The monoisotopic (exact) mass is 429 g/mol. The summed E-state index contributed by atoms with van der Waals surface area (Å²) in [4.78, 5) is 5.10. The highest BCUT2D eigenvalue weighted by Crippen LogP contribution is 2.31. The topological polar surface area (TPSA) is 64.5 Å². The highest BCUT2D eigenvalue weighted by molar-refractivity contribution is 7.86. The maximum Gasteiger partial charge on any atom is 0.217 e. The Kier molecular flexibility index (Phi) is 6.10. The van der Waals surface area contributed by atoms with Gasteiger partial charge in [-0.2, -0.15) is 4.37 Å². The molecule has 0 radical (unpaired) electrons. The number of fused-ring (bicyclic) bond motifs is 1. The van der Waals surface area contributed by atoms with Crippen molar-refractivity contribution in [1.82, 2.24) is 9.36 Å². The maximum absolute atomic E-state index is 13.6. The molecular weight excluding hydrogens is 406 g/mol. The Labute approximate surface area is 177 Å². The molecule has 0 N–H and O–H groups in total. The second-order valence-electron chi connectivity index (χ2n) is 6.83. The SMILES string of the molecule is COc1ccc(CN(c2ncns2)S(=O)c2ccc3c(c2)CCCC3)c(OC)c1. The molecule has 0 fully saturated rings. The molecule has 6 nitrogen and oxygen atoms in total. The van der Waals surface area contributed by atoms with E-state index in [2.05, 4.69) is 21.5 Å². The van der Waals surface area contributed by atoms with Crippen LogP contribution in [0.1, 0.15) is 29.5 Å². The molecular formula is C21H23N3O3S2. The van der Waals surface area contributed by atoms with E-state index in [1.54, 1.807) is 18.5 Å². The minimum Gasteiger partial charge on any atom is -0.497 e. The van der Waals surface area contributed by atoms with Crippen molar-refractivity contribution in [3.05, 3.63) is 59.4 Å². The van der Waals surface area contributed by atoms with Crippen molar-refractivity contribution in [2.75, 3.05) is 18.5 Å². The van der Waals surface area contributed by atoms with Crippen LogP contribution in [0.5, 0.6) is 11.5 Å². The van der Waals surface area contributed by atoms with E-state index >= 15 is 0 Å². The van der Waals surface area contributed by atoms with Crippen LogP contribution in [0.15, 0.2) is 47.6 Å². The third-order valence-electron chi connectivity index (χ3n) is 5.09. The number of aryl methyl sites for hydroxylation is 2. The smallest absolute Gasteiger partial charge is 0.217 e. The van der Waals surface area contributed by atoms with Crippen molar-refractivity contribution >= 4 is 27.6 Å². The fourth-order valence-electron chi connectivity index (χ4n) is 3.56. The van der Waals surface area contributed by atoms with Crippen LogP contribution < -0.4 is 13.8 Å². The lowest BCUT2D eigenvalue weighted by Gasteiger charge is -2.23. The summed E-state index contributed by atoms with van der Waals surface area (Å²) >= 11 is 1.23. The number of aromatic nitrogens is 2. The second kappa shape index (κ2) is 8.92. The zero-order valence-electron chi connectivity index (χ0n) is 16.5. The molecule has 0 aliphatic heterocycles. The van der Waals surface area contributed by atoms with E-state index in [4.69, 9.17) is 9.47 Å². The molecule has 0 amide bonds. The summed E-state index contributed by atoms with van der Waals surface area (Å²) in [6.45, 7) is 0.381. The van der Waals surface area contributed by atoms with Crippen molar-refractivity contribution in [3.8, 4) is 11.5 Å². The summed E-state index contributed by atoms with van der Waals surface area (Å²) in [5.74, 6) is 1.39. The van der Waals surface area contributed by atoms with E-state index in [9.17, 15) is 4.21 Å². The Bertz CT molecular complexity index is 1010. The standard InChI is InChI=1S/C21H23N3O3S2/c1-26-18-9-7-17(20(12-18)27-2)13-24(21-22-14-23-28-21)29(25)19-10-8-15-5-3-4-6-16(15)11-19/h7-12,14H,3-6,13H2,1-2H3. The molecule has 1 aliphatic carbocycles. The third-order valence-corrected chi connectivity index (χ3v) is 7.26. The average molecular weight is 430 g/mol. The summed E-state index contributed by atoms with van der Waals surface area (Å²) in [6, 6.07) is 11.8. The van der Waals surface area contributed by atoms with Crippen molar-refractivity contribution in [1.29, 1.82) is 0 Å². The van der Waals surface area contributed by atoms with Crippen molar-refractivity contribution in [3.63, 3.8) is 0 Å². The minimum atomic E-state index is -1.41. The number of anilines is 1. The van der Waals surface area contributed by atoms with Gasteiger partial charge in [0.15, 0.2) is 11.0 Å². The first-order valence-electron chi connectivity index (χ1n) is 9.48. The normalized spacial score (nSPS) is 14.1. The van der Waals surface area contributed by atoms with Gasteiger partial charge in [-0.05, 0) is 61.1 Å². The third kappa shape index (κ3) is 4.28. The van der Waals surface area contributed by atoms with E-state index < -0.39 is 11.0 Å². The van der Waals surface area contributed by atoms with Crippen molar-refractivity contribution in [2.24, 2.45) is 0 Å². The van der Waals surface area contributed by atoms with Gasteiger partial charge in [-0.15, -0.1) is 0 Å². The van der Waals surface area contributed by atoms with Crippen LogP contribution in [0.2, 0.25) is 0 Å². The Morgan fingerprint density at radius 3 is 2.62 bits per heavy atom. The lowest BCUT2D eigenvalue weighted by molar-refractivity contribution is 0.391. The molecule has 0 saturated heterocycles. The predicted molar refractivity (Wildman–Crippen MR) is 115 cm³/mol. The van der Waals surface area contributed by atoms with Crippen LogP contribution in [0.25, 0.3) is 0 Å². The van der Waals surface area contributed by atoms with Crippen LogP contribution >= 0.6 is 11.5 Å². The van der Waals surface area contributed by atoms with Crippen LogP contribution in [-0.4, -0.2) is 27.8 Å². The van der Waals surface area contributed by atoms with Gasteiger partial charge in [0, 0.05) is 23.2 Å². The first kappa shape index (κ1) is 19.8. The molecule has 152 valence electrons. The number of rotatable bonds is 7. The lowest BCUT2D eigenvalue weighted by atomic mass is 9.92. The zero-order valence-corrected chi connectivity index (χ0v) is 18.1. The van der Waals surface area contributed by atoms with E-state index in [0.29, 0.717) is 23.2 Å². The van der Waals surface area contributed by atoms with Crippen LogP contribution in [0.4, 0.5) is 5.13 Å². The number of ether oxygens (including phenoxy) is 2. The molecule has 4 rings (SSSR count).